The van der Waals surface area contributed by atoms with E-state index in [9.17, 15) is 8.42 Å². The fourth-order valence-corrected chi connectivity index (χ4v) is 3.96. The Balaban J connectivity index is 2.01. The van der Waals surface area contributed by atoms with Gasteiger partial charge in [0.1, 0.15) is 5.03 Å². The molecule has 0 aliphatic carbocycles. The quantitative estimate of drug-likeness (QED) is 0.905. The van der Waals surface area contributed by atoms with Gasteiger partial charge in [-0.25, -0.2) is 8.42 Å². The average molecular weight is 264 g/mol. The molecule has 0 saturated carbocycles. The minimum Gasteiger partial charge on any atom is -0.345 e. The normalized spacial score (nSPS) is 18.2. The van der Waals surface area contributed by atoms with Crippen LogP contribution in [0.1, 0.15) is 19.3 Å². The molecule has 5 heteroatoms. The number of benzene rings is 1. The van der Waals surface area contributed by atoms with Gasteiger partial charge in [0, 0.05) is 24.0 Å². The molecular weight excluding hydrogens is 248 g/mol. The van der Waals surface area contributed by atoms with Gasteiger partial charge in [-0.15, -0.1) is 0 Å². The summed E-state index contributed by atoms with van der Waals surface area (Å²) in [5.74, 6) is 0. The van der Waals surface area contributed by atoms with Crippen molar-refractivity contribution in [2.45, 2.75) is 24.3 Å². The van der Waals surface area contributed by atoms with E-state index in [0.29, 0.717) is 18.1 Å². The molecule has 3 rings (SSSR count). The Hall–Kier alpha value is -1.33. The van der Waals surface area contributed by atoms with E-state index in [2.05, 4.69) is 4.98 Å². The van der Waals surface area contributed by atoms with Crippen molar-refractivity contribution in [3.8, 4) is 0 Å². The lowest BCUT2D eigenvalue weighted by atomic mass is 10.2. The van der Waals surface area contributed by atoms with Crippen LogP contribution >= 0.6 is 0 Å². The molecule has 1 aromatic carbocycles. The highest BCUT2D eigenvalue weighted by atomic mass is 32.2. The van der Waals surface area contributed by atoms with Gasteiger partial charge in [0.15, 0.2) is 0 Å². The van der Waals surface area contributed by atoms with Crippen LogP contribution in [0, 0.1) is 0 Å². The van der Waals surface area contributed by atoms with E-state index >= 15 is 0 Å². The van der Waals surface area contributed by atoms with Crippen LogP contribution in [-0.4, -0.2) is 30.8 Å². The molecule has 0 spiro atoms. The molecule has 0 bridgehead atoms. The van der Waals surface area contributed by atoms with E-state index in [0.717, 1.165) is 30.2 Å². The summed E-state index contributed by atoms with van der Waals surface area (Å²) in [6, 6.07) is 9.34. The van der Waals surface area contributed by atoms with Gasteiger partial charge >= 0.3 is 0 Å². The van der Waals surface area contributed by atoms with Crippen molar-refractivity contribution in [1.82, 2.24) is 9.29 Å². The predicted octanol–water partition coefficient (Wildman–Crippen LogP) is 2.34. The molecule has 2 aromatic rings. The molecule has 1 aromatic heterocycles. The standard InChI is InChI=1S/C13H16N2O2S/c16-18(17,15-8-4-1-5-9-15)13-10-11-6-2-3-7-12(11)14-13/h2-3,6-7,10,14H,1,4-5,8-9H2. The smallest absolute Gasteiger partial charge is 0.258 e. The second-order valence-electron chi connectivity index (χ2n) is 4.69. The van der Waals surface area contributed by atoms with E-state index in [-0.39, 0.29) is 0 Å². The second kappa shape index (κ2) is 4.40. The number of H-pyrrole nitrogens is 1. The summed E-state index contributed by atoms with van der Waals surface area (Å²) in [5.41, 5.74) is 0.869. The molecule has 0 radical (unpaired) electrons. The zero-order chi connectivity index (χ0) is 12.6. The Kier molecular flexibility index (Phi) is 2.87. The molecule has 1 N–H and O–H groups in total. The Labute approximate surface area is 107 Å². The molecule has 18 heavy (non-hydrogen) atoms. The number of aromatic amines is 1. The van der Waals surface area contributed by atoms with Crippen molar-refractivity contribution in [2.75, 3.05) is 13.1 Å². The number of nitrogens with one attached hydrogen (secondary N) is 1. The summed E-state index contributed by atoms with van der Waals surface area (Å²) >= 11 is 0. The Bertz CT molecular complexity index is 621. The van der Waals surface area contributed by atoms with Gasteiger partial charge in [-0.3, -0.25) is 0 Å². The SMILES string of the molecule is O=S(=O)(c1cc2ccccc2[nH]1)N1CCCCC1. The Morgan fingerprint density at radius 1 is 1.06 bits per heavy atom. The molecule has 1 aliphatic heterocycles. The van der Waals surface area contributed by atoms with E-state index in [1.807, 2.05) is 24.3 Å². The van der Waals surface area contributed by atoms with Crippen LogP contribution in [0.15, 0.2) is 35.4 Å². The van der Waals surface area contributed by atoms with Crippen LogP contribution in [0.2, 0.25) is 0 Å². The number of piperidine rings is 1. The summed E-state index contributed by atoms with van der Waals surface area (Å²) < 4.78 is 26.5. The minimum absolute atomic E-state index is 0.311. The maximum atomic E-state index is 12.5. The summed E-state index contributed by atoms with van der Waals surface area (Å²) in [5, 5.41) is 1.25. The van der Waals surface area contributed by atoms with E-state index in [4.69, 9.17) is 0 Å². The third-order valence-electron chi connectivity index (χ3n) is 3.44. The van der Waals surface area contributed by atoms with Crippen LogP contribution in [-0.2, 0) is 10.0 Å². The molecule has 0 amide bonds. The van der Waals surface area contributed by atoms with Crippen molar-refractivity contribution >= 4 is 20.9 Å². The molecule has 0 atom stereocenters. The van der Waals surface area contributed by atoms with Crippen LogP contribution in [0.5, 0.6) is 0 Å². The fourth-order valence-electron chi connectivity index (χ4n) is 2.43. The number of aromatic nitrogens is 1. The predicted molar refractivity (Wildman–Crippen MR) is 70.9 cm³/mol. The summed E-state index contributed by atoms with van der Waals surface area (Å²) in [4.78, 5) is 3.00. The molecule has 4 nitrogen and oxygen atoms in total. The second-order valence-corrected chi connectivity index (χ2v) is 6.59. The number of nitrogens with zero attached hydrogens (tertiary/aromatic N) is 1. The van der Waals surface area contributed by atoms with Crippen LogP contribution in [0.25, 0.3) is 10.9 Å². The molecule has 1 saturated heterocycles. The lowest BCUT2D eigenvalue weighted by Crippen LogP contribution is -2.35. The van der Waals surface area contributed by atoms with E-state index < -0.39 is 10.0 Å². The highest BCUT2D eigenvalue weighted by Gasteiger charge is 2.27. The van der Waals surface area contributed by atoms with Gasteiger partial charge in [0.05, 0.1) is 0 Å². The lowest BCUT2D eigenvalue weighted by Gasteiger charge is -2.25. The van der Waals surface area contributed by atoms with Crippen LogP contribution in [0.3, 0.4) is 0 Å². The first kappa shape index (κ1) is 11.7. The first-order valence-corrected chi connectivity index (χ1v) is 7.70. The van der Waals surface area contributed by atoms with E-state index in [1.54, 1.807) is 10.4 Å². The maximum Gasteiger partial charge on any atom is 0.258 e. The zero-order valence-corrected chi connectivity index (χ0v) is 10.9. The number of hydrogen-bond acceptors (Lipinski definition) is 2. The Morgan fingerprint density at radius 3 is 2.50 bits per heavy atom. The number of hydrogen-bond donors (Lipinski definition) is 1. The van der Waals surface area contributed by atoms with Gasteiger partial charge in [-0.2, -0.15) is 4.31 Å². The maximum absolute atomic E-state index is 12.5. The monoisotopic (exact) mass is 264 g/mol. The van der Waals surface area contributed by atoms with Crippen molar-refractivity contribution in [1.29, 1.82) is 0 Å². The third kappa shape index (κ3) is 1.93. The van der Waals surface area contributed by atoms with Crippen LogP contribution < -0.4 is 0 Å². The van der Waals surface area contributed by atoms with Crippen molar-refractivity contribution < 1.29 is 8.42 Å². The molecule has 96 valence electrons. The number of sulfonamides is 1. The van der Waals surface area contributed by atoms with Crippen molar-refractivity contribution in [2.24, 2.45) is 0 Å². The summed E-state index contributed by atoms with van der Waals surface area (Å²) in [6.45, 7) is 1.27. The number of fused-ring (bicyclic) bond motifs is 1. The third-order valence-corrected chi connectivity index (χ3v) is 5.26. The van der Waals surface area contributed by atoms with Gasteiger partial charge in [0.25, 0.3) is 10.0 Å². The largest absolute Gasteiger partial charge is 0.345 e. The first-order valence-electron chi connectivity index (χ1n) is 6.26. The first-order chi connectivity index (χ1) is 8.68. The zero-order valence-electron chi connectivity index (χ0n) is 10.1. The Morgan fingerprint density at radius 2 is 1.78 bits per heavy atom. The molecule has 1 aliphatic rings. The lowest BCUT2D eigenvalue weighted by molar-refractivity contribution is 0.346. The van der Waals surface area contributed by atoms with Crippen molar-refractivity contribution in [3.63, 3.8) is 0 Å². The van der Waals surface area contributed by atoms with Gasteiger partial charge in [-0.05, 0) is 25.0 Å². The van der Waals surface area contributed by atoms with Gasteiger partial charge in [0.2, 0.25) is 0 Å². The summed E-state index contributed by atoms with van der Waals surface area (Å²) in [6.07, 6.45) is 3.04. The van der Waals surface area contributed by atoms with Gasteiger partial charge < -0.3 is 4.98 Å². The molecule has 0 unspecified atom stereocenters. The van der Waals surface area contributed by atoms with Gasteiger partial charge in [-0.1, -0.05) is 24.6 Å². The number of para-hydroxylation sites is 1. The minimum atomic E-state index is -3.35. The highest BCUT2D eigenvalue weighted by Crippen LogP contribution is 2.23. The topological polar surface area (TPSA) is 53.2 Å². The fraction of sp³-hybridized carbons (Fsp3) is 0.385. The van der Waals surface area contributed by atoms with Crippen molar-refractivity contribution in [3.05, 3.63) is 30.3 Å². The van der Waals surface area contributed by atoms with Crippen LogP contribution in [0.4, 0.5) is 0 Å². The summed E-state index contributed by atoms with van der Waals surface area (Å²) in [7, 11) is -3.35. The van der Waals surface area contributed by atoms with E-state index in [1.165, 1.54) is 0 Å². The molecule has 1 fully saturated rings. The number of rotatable bonds is 2. The molecule has 2 heterocycles. The highest BCUT2D eigenvalue weighted by molar-refractivity contribution is 7.89. The average Bonchev–Trinajstić information content (AvgIpc) is 2.84. The molecular formula is C13H16N2O2S.